The van der Waals surface area contributed by atoms with Gasteiger partial charge in [-0.1, -0.05) is 26.2 Å². The average Bonchev–Trinajstić information content (AvgIpc) is 2.80. The van der Waals surface area contributed by atoms with Gasteiger partial charge < -0.3 is 9.88 Å². The van der Waals surface area contributed by atoms with Crippen LogP contribution in [0, 0.1) is 11.8 Å². The molecule has 0 aromatic carbocycles. The van der Waals surface area contributed by atoms with Crippen LogP contribution in [0.2, 0.25) is 0 Å². The van der Waals surface area contributed by atoms with E-state index in [1.54, 1.807) is 0 Å². The Bertz CT molecular complexity index is 507. The lowest BCUT2D eigenvalue weighted by molar-refractivity contribution is -0.147. The number of halogens is 3. The van der Waals surface area contributed by atoms with Crippen molar-refractivity contribution in [3.8, 4) is 0 Å². The van der Waals surface area contributed by atoms with Gasteiger partial charge >= 0.3 is 6.18 Å². The highest BCUT2D eigenvalue weighted by Gasteiger charge is 2.40. The Balaban J connectivity index is 1.93. The molecule has 1 saturated carbocycles. The summed E-state index contributed by atoms with van der Waals surface area (Å²) in [6.45, 7) is 3.82. The van der Waals surface area contributed by atoms with Gasteiger partial charge in [0.1, 0.15) is 0 Å². The number of nitrogens with one attached hydrogen (secondary N) is 1. The van der Waals surface area contributed by atoms with E-state index >= 15 is 0 Å². The Morgan fingerprint density at radius 2 is 2.05 bits per heavy atom. The van der Waals surface area contributed by atoms with Gasteiger partial charge in [-0.3, -0.25) is 0 Å². The van der Waals surface area contributed by atoms with E-state index in [0.29, 0.717) is 37.0 Å². The van der Waals surface area contributed by atoms with Crippen LogP contribution in [0.15, 0.2) is 0 Å². The summed E-state index contributed by atoms with van der Waals surface area (Å²) in [5, 5.41) is 3.10. The topological polar surface area (TPSA) is 29.9 Å². The van der Waals surface area contributed by atoms with Gasteiger partial charge in [-0.25, -0.2) is 4.98 Å². The number of rotatable bonds is 2. The van der Waals surface area contributed by atoms with Crippen molar-refractivity contribution in [2.75, 3.05) is 6.54 Å². The van der Waals surface area contributed by atoms with E-state index in [2.05, 4.69) is 17.2 Å². The number of nitrogens with zero attached hydrogens (tertiary/aromatic N) is 2. The summed E-state index contributed by atoms with van der Waals surface area (Å²) in [5.74, 6) is 0.140. The summed E-state index contributed by atoms with van der Waals surface area (Å²) in [5.41, 5.74) is 1.37. The summed E-state index contributed by atoms with van der Waals surface area (Å²) in [6, 6.07) is 0. The van der Waals surface area contributed by atoms with E-state index in [9.17, 15) is 13.2 Å². The number of hydrogen-bond acceptors (Lipinski definition) is 2. The van der Waals surface area contributed by atoms with Gasteiger partial charge in [0, 0.05) is 31.7 Å². The Morgan fingerprint density at radius 3 is 2.76 bits per heavy atom. The molecule has 1 aliphatic heterocycles. The third-order valence-electron chi connectivity index (χ3n) is 4.95. The van der Waals surface area contributed by atoms with Crippen molar-refractivity contribution < 1.29 is 13.2 Å². The highest BCUT2D eigenvalue weighted by molar-refractivity contribution is 5.21. The summed E-state index contributed by atoms with van der Waals surface area (Å²) < 4.78 is 41.3. The van der Waals surface area contributed by atoms with Crippen molar-refractivity contribution in [3.05, 3.63) is 17.2 Å². The molecule has 1 fully saturated rings. The third-order valence-corrected chi connectivity index (χ3v) is 4.95. The van der Waals surface area contributed by atoms with Crippen molar-refractivity contribution in [1.29, 1.82) is 0 Å². The van der Waals surface area contributed by atoms with Gasteiger partial charge in [0.15, 0.2) is 0 Å². The zero-order valence-electron chi connectivity index (χ0n) is 12.3. The zero-order chi connectivity index (χ0) is 15.0. The number of hydrogen-bond donors (Lipinski definition) is 1. The van der Waals surface area contributed by atoms with Gasteiger partial charge in [-0.15, -0.1) is 0 Å². The lowest BCUT2D eigenvalue weighted by atomic mass is 9.80. The molecule has 3 nitrogen and oxygen atoms in total. The first-order chi connectivity index (χ1) is 9.97. The highest BCUT2D eigenvalue weighted by Crippen LogP contribution is 2.35. The Morgan fingerprint density at radius 1 is 1.29 bits per heavy atom. The summed E-state index contributed by atoms with van der Waals surface area (Å²) in [7, 11) is 0. The number of aromatic nitrogens is 2. The maximum absolute atomic E-state index is 13.3. The molecule has 2 atom stereocenters. The molecule has 118 valence electrons. The van der Waals surface area contributed by atoms with E-state index < -0.39 is 12.0 Å². The monoisotopic (exact) mass is 301 g/mol. The van der Waals surface area contributed by atoms with Crippen LogP contribution in [-0.4, -0.2) is 16.1 Å². The molecule has 2 unspecified atom stereocenters. The first-order valence-electron chi connectivity index (χ1n) is 7.83. The standard InChI is InChI=1S/C15H22F3N3/c1-10-4-2-3-5-11(10)9-21-13-6-7-19-8-12(13)20-14(21)15(16,17)18/h10-11,19H,2-9H2,1H3. The van der Waals surface area contributed by atoms with Crippen LogP contribution in [0.25, 0.3) is 0 Å². The fraction of sp³-hybridized carbons (Fsp3) is 0.800. The summed E-state index contributed by atoms with van der Waals surface area (Å²) in [4.78, 5) is 3.89. The molecule has 3 rings (SSSR count). The van der Waals surface area contributed by atoms with E-state index in [1.165, 1.54) is 11.0 Å². The zero-order valence-corrected chi connectivity index (χ0v) is 12.3. The Hall–Kier alpha value is -1.04. The predicted octanol–water partition coefficient (Wildman–Crippen LogP) is 3.37. The number of fused-ring (bicyclic) bond motifs is 1. The van der Waals surface area contributed by atoms with Crippen LogP contribution < -0.4 is 5.32 Å². The number of alkyl halides is 3. The molecule has 0 radical (unpaired) electrons. The number of imidazole rings is 1. The molecular formula is C15H22F3N3. The molecule has 1 aromatic rings. The summed E-state index contributed by atoms with van der Waals surface area (Å²) >= 11 is 0. The van der Waals surface area contributed by atoms with E-state index in [0.717, 1.165) is 31.5 Å². The molecule has 0 bridgehead atoms. The first-order valence-corrected chi connectivity index (χ1v) is 7.83. The molecule has 0 saturated heterocycles. The van der Waals surface area contributed by atoms with Gasteiger partial charge in [0.05, 0.1) is 5.69 Å². The van der Waals surface area contributed by atoms with Crippen LogP contribution >= 0.6 is 0 Å². The minimum absolute atomic E-state index is 0.341. The fourth-order valence-corrected chi connectivity index (χ4v) is 3.68. The second-order valence-corrected chi connectivity index (χ2v) is 6.39. The van der Waals surface area contributed by atoms with Crippen molar-refractivity contribution >= 4 is 0 Å². The van der Waals surface area contributed by atoms with E-state index in [1.807, 2.05) is 0 Å². The second kappa shape index (κ2) is 5.63. The van der Waals surface area contributed by atoms with Gasteiger partial charge in [-0.05, 0) is 18.3 Å². The van der Waals surface area contributed by atoms with Gasteiger partial charge in [-0.2, -0.15) is 13.2 Å². The minimum atomic E-state index is -4.37. The molecule has 2 heterocycles. The van der Waals surface area contributed by atoms with E-state index in [-0.39, 0.29) is 0 Å². The van der Waals surface area contributed by atoms with Crippen LogP contribution in [-0.2, 0) is 25.7 Å². The summed E-state index contributed by atoms with van der Waals surface area (Å²) in [6.07, 6.45) is 0.771. The smallest absolute Gasteiger partial charge is 0.324 e. The lowest BCUT2D eigenvalue weighted by Gasteiger charge is -2.30. The average molecular weight is 301 g/mol. The molecule has 21 heavy (non-hydrogen) atoms. The maximum Gasteiger partial charge on any atom is 0.449 e. The quantitative estimate of drug-likeness (QED) is 0.907. The van der Waals surface area contributed by atoms with Crippen molar-refractivity contribution in [2.24, 2.45) is 11.8 Å². The molecule has 2 aliphatic rings. The minimum Gasteiger partial charge on any atom is -0.324 e. The third kappa shape index (κ3) is 2.96. The lowest BCUT2D eigenvalue weighted by Crippen LogP contribution is -2.28. The normalized spacial score (nSPS) is 26.7. The van der Waals surface area contributed by atoms with E-state index in [4.69, 9.17) is 0 Å². The largest absolute Gasteiger partial charge is 0.449 e. The van der Waals surface area contributed by atoms with Gasteiger partial charge in [0.25, 0.3) is 0 Å². The van der Waals surface area contributed by atoms with Crippen molar-refractivity contribution in [3.63, 3.8) is 0 Å². The van der Waals surface area contributed by atoms with Gasteiger partial charge in [0.2, 0.25) is 5.82 Å². The van der Waals surface area contributed by atoms with Crippen LogP contribution in [0.5, 0.6) is 0 Å². The molecule has 0 amide bonds. The molecule has 0 spiro atoms. The SMILES string of the molecule is CC1CCCCC1Cn1c(C(F)(F)F)nc2c1CCNC2. The Kier molecular flexibility index (Phi) is 3.99. The van der Waals surface area contributed by atoms with Crippen molar-refractivity contribution in [2.45, 2.75) is 58.3 Å². The first kappa shape index (κ1) is 14.9. The maximum atomic E-state index is 13.3. The molecule has 1 aliphatic carbocycles. The molecule has 1 aromatic heterocycles. The Labute approximate surface area is 122 Å². The molecular weight excluding hydrogens is 279 g/mol. The second-order valence-electron chi connectivity index (χ2n) is 6.39. The molecule has 1 N–H and O–H groups in total. The van der Waals surface area contributed by atoms with Crippen LogP contribution in [0.1, 0.15) is 49.8 Å². The molecule has 6 heteroatoms. The highest BCUT2D eigenvalue weighted by atomic mass is 19.4. The predicted molar refractivity (Wildman–Crippen MR) is 73.8 cm³/mol. The fourth-order valence-electron chi connectivity index (χ4n) is 3.68. The van der Waals surface area contributed by atoms with Crippen LogP contribution in [0.4, 0.5) is 13.2 Å². The van der Waals surface area contributed by atoms with Crippen LogP contribution in [0.3, 0.4) is 0 Å². The van der Waals surface area contributed by atoms with Crippen molar-refractivity contribution in [1.82, 2.24) is 14.9 Å².